The van der Waals surface area contributed by atoms with Crippen LogP contribution in [0.25, 0.3) is 0 Å². The van der Waals surface area contributed by atoms with Crippen molar-refractivity contribution in [2.45, 2.75) is 25.3 Å². The lowest BCUT2D eigenvalue weighted by Crippen LogP contribution is -2.56. The molecule has 3 amide bonds. The first kappa shape index (κ1) is 23.8. The van der Waals surface area contributed by atoms with Crippen molar-refractivity contribution in [3.05, 3.63) is 33.8 Å². The first-order chi connectivity index (χ1) is 14.5. The fourth-order valence-corrected chi connectivity index (χ4v) is 4.61. The summed E-state index contributed by atoms with van der Waals surface area (Å²) in [6.45, 7) is 1.53. The number of halogens is 2. The van der Waals surface area contributed by atoms with Gasteiger partial charge in [0.2, 0.25) is 11.8 Å². The van der Waals surface area contributed by atoms with Crippen molar-refractivity contribution in [2.75, 3.05) is 38.2 Å². The van der Waals surface area contributed by atoms with Crippen LogP contribution in [-0.2, 0) is 19.4 Å². The lowest BCUT2D eigenvalue weighted by Gasteiger charge is -2.36. The quantitative estimate of drug-likeness (QED) is 0.626. The van der Waals surface area contributed by atoms with Gasteiger partial charge in [0, 0.05) is 43.4 Å². The molecule has 0 radical (unpaired) electrons. The fraction of sp³-hybridized carbons (Fsp3) is 0.550. The first-order valence-corrected chi connectivity index (χ1v) is 12.9. The van der Waals surface area contributed by atoms with Crippen LogP contribution in [0.1, 0.15) is 29.6 Å². The standard InChI is InChI=1S/C20H25Cl2N3O5S/c1-31(29,30)11-6-17(23-18(26)15-5-4-14(21)12-16(15)22)20(28)25-9-7-24(8-10-25)19(27)13-2-3-13/h4-5,12-13,17H,2-3,6-11H2,1H3,(H,23,26)/t17-/m1/s1. The molecule has 1 atom stereocenters. The molecule has 8 nitrogen and oxygen atoms in total. The van der Waals surface area contributed by atoms with Crippen LogP contribution >= 0.6 is 23.2 Å². The molecule has 1 aromatic rings. The number of carbonyl (C=O) groups excluding carboxylic acids is 3. The van der Waals surface area contributed by atoms with Gasteiger partial charge in [-0.2, -0.15) is 0 Å². The van der Waals surface area contributed by atoms with Gasteiger partial charge in [0.1, 0.15) is 15.9 Å². The predicted molar refractivity (Wildman–Crippen MR) is 118 cm³/mol. The zero-order valence-electron chi connectivity index (χ0n) is 17.1. The lowest BCUT2D eigenvalue weighted by atomic mass is 10.1. The second kappa shape index (κ2) is 9.75. The Kier molecular flexibility index (Phi) is 7.49. The van der Waals surface area contributed by atoms with E-state index < -0.39 is 21.8 Å². The van der Waals surface area contributed by atoms with Gasteiger partial charge in [-0.3, -0.25) is 14.4 Å². The first-order valence-electron chi connectivity index (χ1n) is 10.1. The summed E-state index contributed by atoms with van der Waals surface area (Å²) in [6.07, 6.45) is 2.86. The molecule has 3 rings (SSSR count). The zero-order chi connectivity index (χ0) is 22.8. The van der Waals surface area contributed by atoms with Gasteiger partial charge in [-0.25, -0.2) is 8.42 Å². The minimum absolute atomic E-state index is 0.0597. The van der Waals surface area contributed by atoms with Crippen LogP contribution in [0.3, 0.4) is 0 Å². The maximum atomic E-state index is 13.1. The average molecular weight is 490 g/mol. The molecule has 1 heterocycles. The third-order valence-corrected chi connectivity index (χ3v) is 6.91. The summed E-state index contributed by atoms with van der Waals surface area (Å²) in [4.78, 5) is 41.4. The van der Waals surface area contributed by atoms with Gasteiger partial charge >= 0.3 is 0 Å². The van der Waals surface area contributed by atoms with Crippen LogP contribution in [0.4, 0.5) is 0 Å². The highest BCUT2D eigenvalue weighted by atomic mass is 35.5. The van der Waals surface area contributed by atoms with E-state index in [1.165, 1.54) is 18.2 Å². The van der Waals surface area contributed by atoms with Crippen molar-refractivity contribution in [1.29, 1.82) is 0 Å². The number of amides is 3. The number of nitrogens with zero attached hydrogens (tertiary/aromatic N) is 2. The largest absolute Gasteiger partial charge is 0.340 e. The molecule has 1 N–H and O–H groups in total. The number of hydrogen-bond acceptors (Lipinski definition) is 5. The average Bonchev–Trinajstić information content (AvgIpc) is 3.54. The molecule has 1 aliphatic carbocycles. The molecule has 1 aliphatic heterocycles. The van der Waals surface area contributed by atoms with Gasteiger partial charge in [-0.1, -0.05) is 23.2 Å². The Hall–Kier alpha value is -1.84. The molecule has 2 aliphatic rings. The van der Waals surface area contributed by atoms with Gasteiger partial charge in [0.15, 0.2) is 0 Å². The van der Waals surface area contributed by atoms with Crippen LogP contribution in [0.2, 0.25) is 10.0 Å². The number of hydrogen-bond donors (Lipinski definition) is 1. The summed E-state index contributed by atoms with van der Waals surface area (Å²) in [7, 11) is -3.34. The van der Waals surface area contributed by atoms with Gasteiger partial charge in [-0.15, -0.1) is 0 Å². The van der Waals surface area contributed by atoms with Crippen molar-refractivity contribution in [1.82, 2.24) is 15.1 Å². The molecule has 11 heteroatoms. The van der Waals surface area contributed by atoms with Crippen molar-refractivity contribution >= 4 is 50.8 Å². The van der Waals surface area contributed by atoms with Crippen LogP contribution in [0.15, 0.2) is 18.2 Å². The van der Waals surface area contributed by atoms with Crippen molar-refractivity contribution in [2.24, 2.45) is 5.92 Å². The van der Waals surface area contributed by atoms with E-state index in [1.54, 1.807) is 9.80 Å². The number of rotatable bonds is 7. The SMILES string of the molecule is CS(=O)(=O)CC[C@@H](NC(=O)c1ccc(Cl)cc1Cl)C(=O)N1CCN(C(=O)C2CC2)CC1. The van der Waals surface area contributed by atoms with E-state index in [0.29, 0.717) is 31.2 Å². The number of sulfone groups is 1. The number of carbonyl (C=O) groups is 3. The van der Waals surface area contributed by atoms with Crippen molar-refractivity contribution in [3.8, 4) is 0 Å². The van der Waals surface area contributed by atoms with Crippen LogP contribution in [-0.4, -0.2) is 80.2 Å². The maximum absolute atomic E-state index is 13.1. The second-order valence-corrected chi connectivity index (χ2v) is 11.1. The molecular weight excluding hydrogens is 465 g/mol. The van der Waals surface area contributed by atoms with Crippen LogP contribution in [0, 0.1) is 5.92 Å². The Balaban J connectivity index is 1.68. The molecule has 0 unspecified atom stereocenters. The van der Waals surface area contributed by atoms with Gasteiger partial charge in [0.05, 0.1) is 16.3 Å². The van der Waals surface area contributed by atoms with E-state index in [9.17, 15) is 22.8 Å². The number of benzene rings is 1. The Morgan fingerprint density at radius 3 is 2.26 bits per heavy atom. The summed E-state index contributed by atoms with van der Waals surface area (Å²) in [5, 5.41) is 3.12. The van der Waals surface area contributed by atoms with E-state index in [-0.39, 0.29) is 40.5 Å². The van der Waals surface area contributed by atoms with E-state index in [4.69, 9.17) is 23.2 Å². The van der Waals surface area contributed by atoms with Gasteiger partial charge < -0.3 is 15.1 Å². The summed E-state index contributed by atoms with van der Waals surface area (Å²) in [5.74, 6) is -0.964. The summed E-state index contributed by atoms with van der Waals surface area (Å²) in [6, 6.07) is 3.34. The summed E-state index contributed by atoms with van der Waals surface area (Å²) >= 11 is 12.0. The third-order valence-electron chi connectivity index (χ3n) is 5.39. The Morgan fingerprint density at radius 1 is 1.10 bits per heavy atom. The second-order valence-electron chi connectivity index (χ2n) is 7.99. The highest BCUT2D eigenvalue weighted by Crippen LogP contribution is 2.31. The van der Waals surface area contributed by atoms with Crippen LogP contribution < -0.4 is 5.32 Å². The summed E-state index contributed by atoms with van der Waals surface area (Å²) in [5.41, 5.74) is 0.142. The Morgan fingerprint density at radius 2 is 1.71 bits per heavy atom. The molecule has 0 aromatic heterocycles. The normalized spacial score (nSPS) is 17.9. The smallest absolute Gasteiger partial charge is 0.253 e. The maximum Gasteiger partial charge on any atom is 0.253 e. The predicted octanol–water partition coefficient (Wildman–Crippen LogP) is 1.61. The monoisotopic (exact) mass is 489 g/mol. The van der Waals surface area contributed by atoms with Crippen molar-refractivity contribution in [3.63, 3.8) is 0 Å². The third kappa shape index (κ3) is 6.57. The highest BCUT2D eigenvalue weighted by molar-refractivity contribution is 7.90. The molecule has 1 saturated carbocycles. The molecule has 0 bridgehead atoms. The molecule has 2 fully saturated rings. The van der Waals surface area contributed by atoms with E-state index in [2.05, 4.69) is 5.32 Å². The minimum atomic E-state index is -3.34. The van der Waals surface area contributed by atoms with Gasteiger partial charge in [0.25, 0.3) is 5.91 Å². The molecule has 1 saturated heterocycles. The molecule has 31 heavy (non-hydrogen) atoms. The number of piperazine rings is 1. The van der Waals surface area contributed by atoms with Crippen molar-refractivity contribution < 1.29 is 22.8 Å². The molecule has 170 valence electrons. The zero-order valence-corrected chi connectivity index (χ0v) is 19.5. The van der Waals surface area contributed by atoms with E-state index in [1.807, 2.05) is 0 Å². The summed E-state index contributed by atoms with van der Waals surface area (Å²) < 4.78 is 23.3. The molecular formula is C20H25Cl2N3O5S. The lowest BCUT2D eigenvalue weighted by molar-refractivity contribution is -0.141. The Bertz CT molecular complexity index is 973. The molecule has 0 spiro atoms. The topological polar surface area (TPSA) is 104 Å². The number of nitrogens with one attached hydrogen (secondary N) is 1. The highest BCUT2D eigenvalue weighted by Gasteiger charge is 2.36. The minimum Gasteiger partial charge on any atom is -0.340 e. The fourth-order valence-electron chi connectivity index (χ4n) is 3.46. The van der Waals surface area contributed by atoms with E-state index in [0.717, 1.165) is 19.1 Å². The van der Waals surface area contributed by atoms with Gasteiger partial charge in [-0.05, 0) is 37.5 Å². The Labute approximate surface area is 191 Å². The molecule has 1 aromatic carbocycles. The van der Waals surface area contributed by atoms with E-state index >= 15 is 0 Å². The van der Waals surface area contributed by atoms with Crippen LogP contribution in [0.5, 0.6) is 0 Å².